The molecule has 0 spiro atoms. The van der Waals surface area contributed by atoms with Gasteiger partial charge in [-0.2, -0.15) is 0 Å². The van der Waals surface area contributed by atoms with E-state index in [9.17, 15) is 5.11 Å². The van der Waals surface area contributed by atoms with Gasteiger partial charge in [-0.3, -0.25) is 4.90 Å². The largest absolute Gasteiger partial charge is 0.508 e. The van der Waals surface area contributed by atoms with Crippen LogP contribution in [0.2, 0.25) is 0 Å². The van der Waals surface area contributed by atoms with Crippen molar-refractivity contribution < 1.29 is 14.6 Å². The van der Waals surface area contributed by atoms with Crippen LogP contribution in [0.3, 0.4) is 0 Å². The summed E-state index contributed by atoms with van der Waals surface area (Å²) in [5.74, 6) is 1.59. The lowest BCUT2D eigenvalue weighted by molar-refractivity contribution is 0.0367. The SMILES string of the molecule is CN1CCC[C@H]1[C@H]1COc2ccc(O)cc2O1. The molecule has 1 aromatic rings. The van der Waals surface area contributed by atoms with Crippen LogP contribution in [0.4, 0.5) is 0 Å². The number of hydrogen-bond donors (Lipinski definition) is 1. The Labute approximate surface area is 101 Å². The van der Waals surface area contributed by atoms with Gasteiger partial charge < -0.3 is 14.6 Å². The first-order valence-corrected chi connectivity index (χ1v) is 6.07. The number of hydrogen-bond acceptors (Lipinski definition) is 4. The minimum Gasteiger partial charge on any atom is -0.508 e. The van der Waals surface area contributed by atoms with Crippen LogP contribution >= 0.6 is 0 Å². The first-order chi connectivity index (χ1) is 8.24. The van der Waals surface area contributed by atoms with Gasteiger partial charge in [0.05, 0.1) is 0 Å². The monoisotopic (exact) mass is 235 g/mol. The standard InChI is InChI=1S/C13H17NO3/c1-14-6-2-3-10(14)13-8-16-11-5-4-9(15)7-12(11)17-13/h4-5,7,10,13,15H,2-3,6,8H2,1H3/t10-,13+/m0/s1. The molecule has 0 radical (unpaired) electrons. The van der Waals surface area contributed by atoms with Crippen molar-refractivity contribution in [1.29, 1.82) is 0 Å². The highest BCUT2D eigenvalue weighted by atomic mass is 16.6. The van der Waals surface area contributed by atoms with Crippen molar-refractivity contribution in [1.82, 2.24) is 4.90 Å². The number of phenols is 1. The summed E-state index contributed by atoms with van der Waals surface area (Å²) in [6, 6.07) is 5.41. The van der Waals surface area contributed by atoms with Crippen molar-refractivity contribution >= 4 is 0 Å². The summed E-state index contributed by atoms with van der Waals surface area (Å²) in [5.41, 5.74) is 0. The van der Waals surface area contributed by atoms with Crippen LogP contribution in [-0.4, -0.2) is 42.4 Å². The molecule has 0 amide bonds. The fourth-order valence-corrected chi connectivity index (χ4v) is 2.67. The van der Waals surface area contributed by atoms with E-state index in [1.54, 1.807) is 18.2 Å². The van der Waals surface area contributed by atoms with Crippen molar-refractivity contribution in [3.63, 3.8) is 0 Å². The zero-order valence-corrected chi connectivity index (χ0v) is 9.93. The molecule has 4 nitrogen and oxygen atoms in total. The number of fused-ring (bicyclic) bond motifs is 1. The van der Waals surface area contributed by atoms with E-state index in [-0.39, 0.29) is 11.9 Å². The molecule has 17 heavy (non-hydrogen) atoms. The Kier molecular flexibility index (Phi) is 2.59. The van der Waals surface area contributed by atoms with E-state index in [4.69, 9.17) is 9.47 Å². The Hall–Kier alpha value is -1.42. The topological polar surface area (TPSA) is 41.9 Å². The van der Waals surface area contributed by atoms with Gasteiger partial charge in [0.1, 0.15) is 18.5 Å². The number of phenolic OH excluding ortho intramolecular Hbond substituents is 1. The van der Waals surface area contributed by atoms with Crippen LogP contribution in [0.25, 0.3) is 0 Å². The van der Waals surface area contributed by atoms with Gasteiger partial charge in [-0.25, -0.2) is 0 Å². The lowest BCUT2D eigenvalue weighted by Crippen LogP contribution is -2.45. The number of likely N-dealkylation sites (tertiary alicyclic amines) is 1. The van der Waals surface area contributed by atoms with E-state index in [1.807, 2.05) is 0 Å². The molecule has 1 fully saturated rings. The molecule has 2 aliphatic rings. The molecule has 0 aliphatic carbocycles. The summed E-state index contributed by atoms with van der Waals surface area (Å²) in [5, 5.41) is 9.45. The molecule has 0 saturated carbocycles. The van der Waals surface area contributed by atoms with E-state index in [0.717, 1.165) is 18.7 Å². The van der Waals surface area contributed by atoms with Crippen molar-refractivity contribution in [2.24, 2.45) is 0 Å². The quantitative estimate of drug-likeness (QED) is 0.803. The summed E-state index contributed by atoms with van der Waals surface area (Å²) < 4.78 is 11.6. The summed E-state index contributed by atoms with van der Waals surface area (Å²) >= 11 is 0. The van der Waals surface area contributed by atoms with Gasteiger partial charge in [0.25, 0.3) is 0 Å². The number of benzene rings is 1. The lowest BCUT2D eigenvalue weighted by atomic mass is 10.1. The highest BCUT2D eigenvalue weighted by Gasteiger charge is 2.34. The predicted molar refractivity (Wildman–Crippen MR) is 63.7 cm³/mol. The zero-order valence-electron chi connectivity index (χ0n) is 9.93. The van der Waals surface area contributed by atoms with E-state index in [0.29, 0.717) is 18.4 Å². The van der Waals surface area contributed by atoms with E-state index < -0.39 is 0 Å². The third kappa shape index (κ3) is 1.93. The number of nitrogens with zero attached hydrogens (tertiary/aromatic N) is 1. The molecule has 1 N–H and O–H groups in total. The zero-order chi connectivity index (χ0) is 11.8. The predicted octanol–water partition coefficient (Wildman–Crippen LogP) is 1.63. The molecule has 2 aliphatic heterocycles. The number of ether oxygens (including phenoxy) is 2. The second-order valence-electron chi connectivity index (χ2n) is 4.79. The second-order valence-corrected chi connectivity index (χ2v) is 4.79. The molecule has 4 heteroatoms. The van der Waals surface area contributed by atoms with E-state index in [1.165, 1.54) is 6.42 Å². The van der Waals surface area contributed by atoms with Crippen LogP contribution in [-0.2, 0) is 0 Å². The Balaban J connectivity index is 1.80. The van der Waals surface area contributed by atoms with Gasteiger partial charge in [-0.1, -0.05) is 0 Å². The Morgan fingerprint density at radius 3 is 3.00 bits per heavy atom. The molecule has 2 atom stereocenters. The first-order valence-electron chi connectivity index (χ1n) is 6.07. The molecular formula is C13H17NO3. The minimum absolute atomic E-state index is 0.0665. The van der Waals surface area contributed by atoms with Gasteiger partial charge in [-0.15, -0.1) is 0 Å². The fourth-order valence-electron chi connectivity index (χ4n) is 2.67. The first kappa shape index (κ1) is 10.7. The summed E-state index contributed by atoms with van der Waals surface area (Å²) in [6.45, 7) is 1.71. The van der Waals surface area contributed by atoms with E-state index in [2.05, 4.69) is 11.9 Å². The molecule has 0 bridgehead atoms. The van der Waals surface area contributed by atoms with Gasteiger partial charge in [0.15, 0.2) is 11.5 Å². The van der Waals surface area contributed by atoms with Crippen LogP contribution < -0.4 is 9.47 Å². The Morgan fingerprint density at radius 2 is 2.24 bits per heavy atom. The lowest BCUT2D eigenvalue weighted by Gasteiger charge is -2.33. The molecule has 1 saturated heterocycles. The smallest absolute Gasteiger partial charge is 0.165 e. The molecule has 3 rings (SSSR count). The van der Waals surface area contributed by atoms with Crippen molar-refractivity contribution in [2.45, 2.75) is 25.0 Å². The molecule has 0 aromatic heterocycles. The van der Waals surface area contributed by atoms with E-state index >= 15 is 0 Å². The summed E-state index contributed by atoms with van der Waals surface area (Å²) in [6.07, 6.45) is 2.43. The van der Waals surface area contributed by atoms with Crippen LogP contribution in [0, 0.1) is 0 Å². The summed E-state index contributed by atoms with van der Waals surface area (Å²) in [7, 11) is 2.12. The third-order valence-electron chi connectivity index (χ3n) is 3.61. The highest BCUT2D eigenvalue weighted by molar-refractivity contribution is 5.46. The molecule has 2 heterocycles. The molecule has 92 valence electrons. The Morgan fingerprint density at radius 1 is 1.35 bits per heavy atom. The van der Waals surface area contributed by atoms with Crippen molar-refractivity contribution in [2.75, 3.05) is 20.2 Å². The fraction of sp³-hybridized carbons (Fsp3) is 0.538. The van der Waals surface area contributed by atoms with Gasteiger partial charge in [0.2, 0.25) is 0 Å². The van der Waals surface area contributed by atoms with Crippen molar-refractivity contribution in [3.05, 3.63) is 18.2 Å². The number of aromatic hydroxyl groups is 1. The van der Waals surface area contributed by atoms with Gasteiger partial charge in [-0.05, 0) is 38.6 Å². The van der Waals surface area contributed by atoms with Crippen molar-refractivity contribution in [3.8, 4) is 17.2 Å². The molecule has 0 unspecified atom stereocenters. The third-order valence-corrected chi connectivity index (χ3v) is 3.61. The average molecular weight is 235 g/mol. The molecular weight excluding hydrogens is 218 g/mol. The van der Waals surface area contributed by atoms with Crippen LogP contribution in [0.15, 0.2) is 18.2 Å². The maximum absolute atomic E-state index is 9.45. The summed E-state index contributed by atoms with van der Waals surface area (Å²) in [4.78, 5) is 2.32. The highest BCUT2D eigenvalue weighted by Crippen LogP contribution is 2.36. The maximum Gasteiger partial charge on any atom is 0.165 e. The maximum atomic E-state index is 9.45. The van der Waals surface area contributed by atoms with Gasteiger partial charge in [0, 0.05) is 12.1 Å². The average Bonchev–Trinajstić information content (AvgIpc) is 2.74. The second kappa shape index (κ2) is 4.11. The number of rotatable bonds is 1. The molecule has 1 aromatic carbocycles. The van der Waals surface area contributed by atoms with Gasteiger partial charge >= 0.3 is 0 Å². The minimum atomic E-state index is 0.0665. The normalized spacial score (nSPS) is 28.3. The number of likely N-dealkylation sites (N-methyl/N-ethyl adjacent to an activating group) is 1. The van der Waals surface area contributed by atoms with Crippen LogP contribution in [0.5, 0.6) is 17.2 Å². The Bertz CT molecular complexity index is 421. The van der Waals surface area contributed by atoms with Crippen LogP contribution in [0.1, 0.15) is 12.8 Å².